The Morgan fingerprint density at radius 1 is 1.27 bits per heavy atom. The molecule has 0 radical (unpaired) electrons. The average molecular weight is 369 g/mol. The molecule has 0 aliphatic carbocycles. The van der Waals surface area contributed by atoms with Gasteiger partial charge in [-0.15, -0.1) is 0 Å². The summed E-state index contributed by atoms with van der Waals surface area (Å²) in [5.74, 6) is 0. The van der Waals surface area contributed by atoms with Crippen LogP contribution in [-0.4, -0.2) is 74.1 Å². The molecule has 2 rings (SSSR count). The number of hydrogen-bond donors (Lipinski definition) is 1. The Morgan fingerprint density at radius 2 is 1.95 bits per heavy atom. The van der Waals surface area contributed by atoms with E-state index in [-0.39, 0.29) is 6.03 Å². The summed E-state index contributed by atoms with van der Waals surface area (Å²) >= 11 is 3.44. The van der Waals surface area contributed by atoms with Crippen molar-refractivity contribution in [1.82, 2.24) is 14.7 Å². The number of urea groups is 1. The number of carbonyl (C=O) groups excluding carboxylic acids is 1. The summed E-state index contributed by atoms with van der Waals surface area (Å²) in [6.45, 7) is 7.59. The SMILES string of the molecule is Cc1cc(Br)ccc1NC(=O)N1CCN(CCN(C)C)CC1. The molecule has 1 aromatic carbocycles. The van der Waals surface area contributed by atoms with Gasteiger partial charge in [0.15, 0.2) is 0 Å². The molecule has 0 aromatic heterocycles. The van der Waals surface area contributed by atoms with Crippen molar-refractivity contribution >= 4 is 27.6 Å². The van der Waals surface area contributed by atoms with Gasteiger partial charge in [0.1, 0.15) is 0 Å². The van der Waals surface area contributed by atoms with Gasteiger partial charge in [-0.2, -0.15) is 0 Å². The first-order valence-corrected chi connectivity index (χ1v) is 8.44. The first kappa shape index (κ1) is 17.2. The van der Waals surface area contributed by atoms with Crippen LogP contribution in [0.4, 0.5) is 10.5 Å². The van der Waals surface area contributed by atoms with E-state index in [1.807, 2.05) is 30.0 Å². The van der Waals surface area contributed by atoms with E-state index < -0.39 is 0 Å². The molecule has 0 unspecified atom stereocenters. The lowest BCUT2D eigenvalue weighted by atomic mass is 10.2. The average Bonchev–Trinajstić information content (AvgIpc) is 2.48. The number of amides is 2. The number of aryl methyl sites for hydroxylation is 1. The van der Waals surface area contributed by atoms with Crippen LogP contribution in [0.2, 0.25) is 0 Å². The number of anilines is 1. The molecule has 1 aliphatic rings. The van der Waals surface area contributed by atoms with Gasteiger partial charge in [0.25, 0.3) is 0 Å². The van der Waals surface area contributed by atoms with Crippen LogP contribution in [0.3, 0.4) is 0 Å². The van der Waals surface area contributed by atoms with E-state index in [0.717, 1.165) is 55.0 Å². The van der Waals surface area contributed by atoms with Gasteiger partial charge >= 0.3 is 6.03 Å². The predicted molar refractivity (Wildman–Crippen MR) is 94.5 cm³/mol. The molecule has 1 saturated heterocycles. The zero-order chi connectivity index (χ0) is 16.1. The normalized spacial score (nSPS) is 16.1. The molecule has 0 bridgehead atoms. The first-order chi connectivity index (χ1) is 10.5. The van der Waals surface area contributed by atoms with Crippen LogP contribution in [0.25, 0.3) is 0 Å². The molecule has 1 N–H and O–H groups in total. The van der Waals surface area contributed by atoms with Crippen LogP contribution in [0.15, 0.2) is 22.7 Å². The molecule has 2 amide bonds. The maximum Gasteiger partial charge on any atom is 0.321 e. The quantitative estimate of drug-likeness (QED) is 0.886. The number of likely N-dealkylation sites (N-methyl/N-ethyl adjacent to an activating group) is 1. The monoisotopic (exact) mass is 368 g/mol. The number of rotatable bonds is 4. The van der Waals surface area contributed by atoms with Gasteiger partial charge in [-0.1, -0.05) is 15.9 Å². The van der Waals surface area contributed by atoms with Crippen molar-refractivity contribution in [1.29, 1.82) is 0 Å². The summed E-state index contributed by atoms with van der Waals surface area (Å²) < 4.78 is 1.03. The third-order valence-electron chi connectivity index (χ3n) is 3.95. The Balaban J connectivity index is 1.82. The fourth-order valence-corrected chi connectivity index (χ4v) is 2.95. The minimum atomic E-state index is -0.00215. The first-order valence-electron chi connectivity index (χ1n) is 7.65. The summed E-state index contributed by atoms with van der Waals surface area (Å²) in [5, 5.41) is 3.01. The molecule has 1 fully saturated rings. The highest BCUT2D eigenvalue weighted by Crippen LogP contribution is 2.20. The molecule has 1 aliphatic heterocycles. The van der Waals surface area contributed by atoms with Crippen LogP contribution in [-0.2, 0) is 0 Å². The summed E-state index contributed by atoms with van der Waals surface area (Å²) in [4.78, 5) is 18.9. The molecule has 5 nitrogen and oxygen atoms in total. The minimum Gasteiger partial charge on any atom is -0.322 e. The lowest BCUT2D eigenvalue weighted by Gasteiger charge is -2.35. The van der Waals surface area contributed by atoms with Crippen molar-refractivity contribution in [3.8, 4) is 0 Å². The predicted octanol–water partition coefficient (Wildman–Crippen LogP) is 2.47. The van der Waals surface area contributed by atoms with Crippen LogP contribution in [0.1, 0.15) is 5.56 Å². The molecule has 122 valence electrons. The number of halogens is 1. The Morgan fingerprint density at radius 3 is 2.55 bits per heavy atom. The summed E-state index contributed by atoms with van der Waals surface area (Å²) in [6.07, 6.45) is 0. The van der Waals surface area contributed by atoms with Gasteiger partial charge in [-0.05, 0) is 44.8 Å². The highest BCUT2D eigenvalue weighted by atomic mass is 79.9. The zero-order valence-corrected chi connectivity index (χ0v) is 15.2. The van der Waals surface area contributed by atoms with Crippen molar-refractivity contribution in [2.45, 2.75) is 6.92 Å². The maximum atomic E-state index is 12.4. The molecule has 0 saturated carbocycles. The van der Waals surface area contributed by atoms with Crippen molar-refractivity contribution in [3.05, 3.63) is 28.2 Å². The third-order valence-corrected chi connectivity index (χ3v) is 4.45. The molecule has 22 heavy (non-hydrogen) atoms. The third kappa shape index (κ3) is 4.97. The molecule has 0 spiro atoms. The largest absolute Gasteiger partial charge is 0.322 e. The number of nitrogens with one attached hydrogen (secondary N) is 1. The molecule has 1 heterocycles. The molecule has 1 aromatic rings. The van der Waals surface area contributed by atoms with Gasteiger partial charge in [-0.3, -0.25) is 4.90 Å². The highest BCUT2D eigenvalue weighted by molar-refractivity contribution is 9.10. The van der Waals surface area contributed by atoms with Gasteiger partial charge in [-0.25, -0.2) is 4.79 Å². The Kier molecular flexibility index (Phi) is 6.23. The van der Waals surface area contributed by atoms with E-state index in [4.69, 9.17) is 0 Å². The Labute approximate surface area is 141 Å². The number of benzene rings is 1. The van der Waals surface area contributed by atoms with E-state index in [1.165, 1.54) is 0 Å². The summed E-state index contributed by atoms with van der Waals surface area (Å²) in [5.41, 5.74) is 1.94. The second kappa shape index (κ2) is 7.94. The van der Waals surface area contributed by atoms with Gasteiger partial charge in [0.2, 0.25) is 0 Å². The van der Waals surface area contributed by atoms with Crippen molar-refractivity contribution < 1.29 is 4.79 Å². The second-order valence-corrected chi connectivity index (χ2v) is 6.94. The number of carbonyl (C=O) groups is 1. The van der Waals surface area contributed by atoms with E-state index >= 15 is 0 Å². The second-order valence-electron chi connectivity index (χ2n) is 6.02. The van der Waals surface area contributed by atoms with Gasteiger partial charge in [0.05, 0.1) is 0 Å². The van der Waals surface area contributed by atoms with Crippen LogP contribution in [0.5, 0.6) is 0 Å². The molecule has 0 atom stereocenters. The number of hydrogen-bond acceptors (Lipinski definition) is 3. The van der Waals surface area contributed by atoms with Gasteiger partial charge in [0, 0.05) is 49.4 Å². The topological polar surface area (TPSA) is 38.8 Å². The van der Waals surface area contributed by atoms with E-state index in [2.05, 4.69) is 45.1 Å². The van der Waals surface area contributed by atoms with Crippen molar-refractivity contribution in [3.63, 3.8) is 0 Å². The van der Waals surface area contributed by atoms with Gasteiger partial charge < -0.3 is 15.1 Å². The molecular formula is C16H25BrN4O. The lowest BCUT2D eigenvalue weighted by Crippen LogP contribution is -2.51. The number of piperazine rings is 1. The fourth-order valence-electron chi connectivity index (χ4n) is 2.48. The highest BCUT2D eigenvalue weighted by Gasteiger charge is 2.21. The maximum absolute atomic E-state index is 12.4. The van der Waals surface area contributed by atoms with E-state index in [0.29, 0.717) is 0 Å². The summed E-state index contributed by atoms with van der Waals surface area (Å²) in [7, 11) is 4.18. The van der Waals surface area contributed by atoms with Crippen LogP contribution < -0.4 is 5.32 Å². The lowest BCUT2D eigenvalue weighted by molar-refractivity contribution is 0.140. The van der Waals surface area contributed by atoms with Crippen molar-refractivity contribution in [2.75, 3.05) is 58.7 Å². The van der Waals surface area contributed by atoms with E-state index in [9.17, 15) is 4.79 Å². The standard InChI is InChI=1S/C16H25BrN4O/c1-13-12-14(17)4-5-15(13)18-16(22)21-10-8-20(9-11-21)7-6-19(2)3/h4-5,12H,6-11H2,1-3H3,(H,18,22). The van der Waals surface area contributed by atoms with E-state index in [1.54, 1.807) is 0 Å². The number of nitrogens with zero attached hydrogens (tertiary/aromatic N) is 3. The molecule has 6 heteroatoms. The van der Waals surface area contributed by atoms with Crippen molar-refractivity contribution in [2.24, 2.45) is 0 Å². The molecular weight excluding hydrogens is 344 g/mol. The Bertz CT molecular complexity index is 513. The Hall–Kier alpha value is -1.11. The zero-order valence-electron chi connectivity index (χ0n) is 13.6. The summed E-state index contributed by atoms with van der Waals surface area (Å²) in [6, 6.07) is 5.89. The minimum absolute atomic E-state index is 0.00215. The van der Waals surface area contributed by atoms with Crippen LogP contribution in [0, 0.1) is 6.92 Å². The smallest absolute Gasteiger partial charge is 0.321 e. The van der Waals surface area contributed by atoms with Crippen LogP contribution >= 0.6 is 15.9 Å². The fraction of sp³-hybridized carbons (Fsp3) is 0.562.